The van der Waals surface area contributed by atoms with Gasteiger partial charge >= 0.3 is 0 Å². The molecule has 3 heterocycles. The Morgan fingerprint density at radius 1 is 1.35 bits per heavy atom. The lowest BCUT2D eigenvalue weighted by atomic mass is 9.88. The van der Waals surface area contributed by atoms with Gasteiger partial charge in [-0.1, -0.05) is 6.92 Å². The molecule has 3 fully saturated rings. The molecule has 130 valence electrons. The summed E-state index contributed by atoms with van der Waals surface area (Å²) < 4.78 is 5.33. The van der Waals surface area contributed by atoms with Gasteiger partial charge in [0.2, 0.25) is 11.8 Å². The van der Waals surface area contributed by atoms with Crippen molar-refractivity contribution < 1.29 is 14.3 Å². The molecule has 0 bridgehead atoms. The summed E-state index contributed by atoms with van der Waals surface area (Å²) in [5.74, 6) is 0.698. The summed E-state index contributed by atoms with van der Waals surface area (Å²) in [5, 5.41) is 6.26. The second-order valence-corrected chi connectivity index (χ2v) is 6.91. The van der Waals surface area contributed by atoms with Crippen molar-refractivity contribution in [3.63, 3.8) is 0 Å². The first-order valence-electron chi connectivity index (χ1n) is 8.72. The summed E-state index contributed by atoms with van der Waals surface area (Å²) in [5.41, 5.74) is 0. The summed E-state index contributed by atoms with van der Waals surface area (Å²) in [6.07, 6.45) is 0.435. The Labute approximate surface area is 137 Å². The Morgan fingerprint density at radius 3 is 2.74 bits per heavy atom. The fourth-order valence-corrected chi connectivity index (χ4v) is 3.38. The van der Waals surface area contributed by atoms with Crippen LogP contribution in [0.4, 0.5) is 0 Å². The number of nitrogens with zero attached hydrogens (tertiary/aromatic N) is 2. The van der Waals surface area contributed by atoms with Crippen molar-refractivity contribution in [3.05, 3.63) is 0 Å². The summed E-state index contributed by atoms with van der Waals surface area (Å²) >= 11 is 0. The van der Waals surface area contributed by atoms with Gasteiger partial charge < -0.3 is 20.3 Å². The Bertz CT molecular complexity index is 435. The molecule has 3 aliphatic heterocycles. The largest absolute Gasteiger partial charge is 0.379 e. The van der Waals surface area contributed by atoms with E-state index < -0.39 is 0 Å². The molecule has 0 aromatic heterocycles. The average Bonchev–Trinajstić information content (AvgIpc) is 2.84. The van der Waals surface area contributed by atoms with E-state index in [1.54, 1.807) is 0 Å². The minimum Gasteiger partial charge on any atom is -0.379 e. The number of likely N-dealkylation sites (tertiary alicyclic amines) is 1. The monoisotopic (exact) mass is 324 g/mol. The van der Waals surface area contributed by atoms with E-state index in [1.165, 1.54) is 0 Å². The van der Waals surface area contributed by atoms with Crippen LogP contribution in [0.25, 0.3) is 0 Å². The summed E-state index contributed by atoms with van der Waals surface area (Å²) in [7, 11) is 0. The predicted molar refractivity (Wildman–Crippen MR) is 85.9 cm³/mol. The Morgan fingerprint density at radius 2 is 2.09 bits per heavy atom. The smallest absolute Gasteiger partial charge is 0.224 e. The highest BCUT2D eigenvalue weighted by Crippen LogP contribution is 2.18. The van der Waals surface area contributed by atoms with Crippen LogP contribution >= 0.6 is 0 Å². The van der Waals surface area contributed by atoms with Crippen molar-refractivity contribution in [2.75, 3.05) is 59.0 Å². The maximum absolute atomic E-state index is 12.3. The van der Waals surface area contributed by atoms with Gasteiger partial charge in [0.25, 0.3) is 0 Å². The number of carbonyl (C=O) groups is 2. The first kappa shape index (κ1) is 16.7. The Balaban J connectivity index is 1.40. The van der Waals surface area contributed by atoms with E-state index >= 15 is 0 Å². The molecule has 2 amide bonds. The number of hydrogen-bond donors (Lipinski definition) is 2. The van der Waals surface area contributed by atoms with Crippen molar-refractivity contribution in [2.24, 2.45) is 11.8 Å². The van der Waals surface area contributed by atoms with Gasteiger partial charge in [0.05, 0.1) is 19.3 Å². The number of amides is 2. The second-order valence-electron chi connectivity index (χ2n) is 6.91. The number of ether oxygens (including phenoxy) is 1. The summed E-state index contributed by atoms with van der Waals surface area (Å²) in [4.78, 5) is 28.6. The number of nitrogens with one attached hydrogen (secondary N) is 2. The second kappa shape index (κ2) is 7.59. The predicted octanol–water partition coefficient (Wildman–Crippen LogP) is -1.11. The Kier molecular flexibility index (Phi) is 5.50. The zero-order valence-corrected chi connectivity index (χ0v) is 13.9. The fourth-order valence-electron chi connectivity index (χ4n) is 3.38. The zero-order chi connectivity index (χ0) is 16.2. The molecule has 7 heteroatoms. The quantitative estimate of drug-likeness (QED) is 0.648. The van der Waals surface area contributed by atoms with E-state index in [0.29, 0.717) is 18.9 Å². The van der Waals surface area contributed by atoms with Crippen LogP contribution in [0.3, 0.4) is 0 Å². The molecule has 7 nitrogen and oxygen atoms in total. The van der Waals surface area contributed by atoms with Crippen LogP contribution in [0.2, 0.25) is 0 Å². The molecule has 2 unspecified atom stereocenters. The van der Waals surface area contributed by atoms with Gasteiger partial charge in [-0.3, -0.25) is 14.5 Å². The van der Waals surface area contributed by atoms with Crippen molar-refractivity contribution >= 4 is 11.8 Å². The van der Waals surface area contributed by atoms with Crippen LogP contribution in [-0.2, 0) is 14.3 Å². The number of morpholine rings is 1. The highest BCUT2D eigenvalue weighted by atomic mass is 16.5. The van der Waals surface area contributed by atoms with Gasteiger partial charge in [0.1, 0.15) is 0 Å². The van der Waals surface area contributed by atoms with Crippen LogP contribution in [0.15, 0.2) is 0 Å². The van der Waals surface area contributed by atoms with Gasteiger partial charge in [-0.2, -0.15) is 0 Å². The third-order valence-electron chi connectivity index (χ3n) is 5.28. The molecular weight excluding hydrogens is 296 g/mol. The SMILES string of the molecule is CC(C(=O)NC1CC(=O)N(CCN2CCOCC2)C1)C1CNC1. The van der Waals surface area contributed by atoms with E-state index in [0.717, 1.165) is 52.5 Å². The maximum atomic E-state index is 12.3. The lowest BCUT2D eigenvalue weighted by molar-refractivity contribution is -0.128. The van der Waals surface area contributed by atoms with Gasteiger partial charge in [0.15, 0.2) is 0 Å². The molecule has 2 atom stereocenters. The first-order valence-corrected chi connectivity index (χ1v) is 8.72. The molecule has 3 aliphatic rings. The molecular formula is C16H28N4O3. The van der Waals surface area contributed by atoms with E-state index in [-0.39, 0.29) is 23.8 Å². The molecule has 2 N–H and O–H groups in total. The van der Waals surface area contributed by atoms with Crippen molar-refractivity contribution in [2.45, 2.75) is 19.4 Å². The molecule has 0 spiro atoms. The minimum absolute atomic E-state index is 0.0220. The van der Waals surface area contributed by atoms with Crippen LogP contribution < -0.4 is 10.6 Å². The van der Waals surface area contributed by atoms with Crippen LogP contribution in [0.1, 0.15) is 13.3 Å². The number of rotatable bonds is 6. The summed E-state index contributed by atoms with van der Waals surface area (Å²) in [6, 6.07) is -0.0322. The van der Waals surface area contributed by atoms with Gasteiger partial charge in [-0.25, -0.2) is 0 Å². The highest BCUT2D eigenvalue weighted by molar-refractivity contribution is 5.83. The zero-order valence-electron chi connectivity index (χ0n) is 13.9. The molecule has 0 aromatic rings. The third kappa shape index (κ3) is 4.22. The van der Waals surface area contributed by atoms with Gasteiger partial charge in [-0.15, -0.1) is 0 Å². The first-order chi connectivity index (χ1) is 11.1. The van der Waals surface area contributed by atoms with Gasteiger partial charge in [0, 0.05) is 45.1 Å². The van der Waals surface area contributed by atoms with E-state index in [2.05, 4.69) is 15.5 Å². The number of hydrogen-bond acceptors (Lipinski definition) is 5. The molecule has 0 aliphatic carbocycles. The average molecular weight is 324 g/mol. The van der Waals surface area contributed by atoms with E-state index in [1.807, 2.05) is 11.8 Å². The van der Waals surface area contributed by atoms with Crippen LogP contribution in [0.5, 0.6) is 0 Å². The van der Waals surface area contributed by atoms with Crippen LogP contribution in [0, 0.1) is 11.8 Å². The molecule has 0 radical (unpaired) electrons. The standard InChI is InChI=1S/C16H28N4O3/c1-12(13-9-17-10-13)16(22)18-14-8-15(21)20(11-14)3-2-19-4-6-23-7-5-19/h12-14,17H,2-11H2,1H3,(H,18,22). The van der Waals surface area contributed by atoms with Crippen molar-refractivity contribution in [1.29, 1.82) is 0 Å². The lowest BCUT2D eigenvalue weighted by Gasteiger charge is -2.32. The van der Waals surface area contributed by atoms with Crippen molar-refractivity contribution in [3.8, 4) is 0 Å². The number of carbonyl (C=O) groups excluding carboxylic acids is 2. The molecule has 3 saturated heterocycles. The Hall–Kier alpha value is -1.18. The molecule has 0 aromatic carbocycles. The maximum Gasteiger partial charge on any atom is 0.224 e. The normalized spacial score (nSPS) is 27.8. The molecule has 0 saturated carbocycles. The lowest BCUT2D eigenvalue weighted by Crippen LogP contribution is -2.51. The third-order valence-corrected chi connectivity index (χ3v) is 5.28. The topological polar surface area (TPSA) is 73.9 Å². The fraction of sp³-hybridized carbons (Fsp3) is 0.875. The highest BCUT2D eigenvalue weighted by Gasteiger charge is 2.34. The molecule has 23 heavy (non-hydrogen) atoms. The summed E-state index contributed by atoms with van der Waals surface area (Å²) in [6.45, 7) is 9.53. The molecule has 3 rings (SSSR count). The van der Waals surface area contributed by atoms with Gasteiger partial charge in [-0.05, 0) is 19.0 Å². The van der Waals surface area contributed by atoms with E-state index in [9.17, 15) is 9.59 Å². The minimum atomic E-state index is -0.0322. The van der Waals surface area contributed by atoms with Crippen LogP contribution in [-0.4, -0.2) is 86.7 Å². The van der Waals surface area contributed by atoms with Crippen molar-refractivity contribution in [1.82, 2.24) is 20.4 Å². The van der Waals surface area contributed by atoms with E-state index in [4.69, 9.17) is 4.74 Å².